The van der Waals surface area contributed by atoms with Crippen LogP contribution in [-0.2, 0) is 25.5 Å². The number of unbranched alkanes of at least 4 members (excludes halogenated alkanes) is 1. The molecule has 6 heteroatoms. The topological polar surface area (TPSA) is 75.7 Å². The lowest BCUT2D eigenvalue weighted by atomic mass is 10.1. The van der Waals surface area contributed by atoms with E-state index in [-0.39, 0.29) is 36.5 Å². The first-order valence-corrected chi connectivity index (χ1v) is 9.29. The predicted molar refractivity (Wildman–Crippen MR) is 99.8 cm³/mol. The molecule has 1 heterocycles. The minimum Gasteiger partial charge on any atom is -0.469 e. The Kier molecular flexibility index (Phi) is 7.63. The molecule has 6 nitrogen and oxygen atoms in total. The fourth-order valence-corrected chi connectivity index (χ4v) is 3.05. The van der Waals surface area contributed by atoms with Crippen molar-refractivity contribution < 1.29 is 19.1 Å². The molecule has 0 spiro atoms. The first kappa shape index (κ1) is 19.9. The van der Waals surface area contributed by atoms with E-state index in [1.54, 1.807) is 4.90 Å². The highest BCUT2D eigenvalue weighted by atomic mass is 16.5. The highest BCUT2D eigenvalue weighted by Crippen LogP contribution is 2.25. The van der Waals surface area contributed by atoms with Gasteiger partial charge in [-0.2, -0.15) is 0 Å². The molecular formula is C20H28N2O4. The van der Waals surface area contributed by atoms with E-state index in [0.29, 0.717) is 19.5 Å². The predicted octanol–water partition coefficient (Wildman–Crippen LogP) is 2.45. The van der Waals surface area contributed by atoms with Gasteiger partial charge in [0.05, 0.1) is 13.0 Å². The number of nitrogens with one attached hydrogen (secondary N) is 1. The molecule has 0 radical (unpaired) electrons. The van der Waals surface area contributed by atoms with Gasteiger partial charge in [-0.15, -0.1) is 0 Å². The van der Waals surface area contributed by atoms with Crippen LogP contribution in [-0.4, -0.2) is 38.0 Å². The summed E-state index contributed by atoms with van der Waals surface area (Å²) in [6, 6.07) is 8.02. The third-order valence-corrected chi connectivity index (χ3v) is 4.65. The third kappa shape index (κ3) is 5.58. The third-order valence-electron chi connectivity index (χ3n) is 4.65. The summed E-state index contributed by atoms with van der Waals surface area (Å²) in [5.41, 5.74) is 2.11. The number of carbonyl (C=O) groups is 3. The molecule has 0 bridgehead atoms. The summed E-state index contributed by atoms with van der Waals surface area (Å²) >= 11 is 0. The molecule has 1 aliphatic heterocycles. The normalized spacial score (nSPS) is 16.6. The molecule has 1 unspecified atom stereocenters. The van der Waals surface area contributed by atoms with Gasteiger partial charge < -0.3 is 15.0 Å². The molecule has 1 atom stereocenters. The molecule has 2 amide bonds. The number of amides is 2. The summed E-state index contributed by atoms with van der Waals surface area (Å²) in [7, 11) is 1.34. The van der Waals surface area contributed by atoms with Gasteiger partial charge in [0.15, 0.2) is 0 Å². The first-order valence-electron chi connectivity index (χ1n) is 9.29. The van der Waals surface area contributed by atoms with E-state index in [1.807, 2.05) is 12.1 Å². The standard InChI is InChI=1S/C20H28N2O4/c1-3-4-6-15-8-10-17(11-9-15)22-14-16(13-18(22)23)20(25)21-12-5-7-19(24)26-2/h8-11,16H,3-7,12-14H2,1-2H3,(H,21,25). The number of hydrogen-bond acceptors (Lipinski definition) is 4. The summed E-state index contributed by atoms with van der Waals surface area (Å²) in [5.74, 6) is -0.796. The van der Waals surface area contributed by atoms with Crippen molar-refractivity contribution in [1.82, 2.24) is 5.32 Å². The SMILES string of the molecule is CCCCc1ccc(N2CC(C(=O)NCCCC(=O)OC)CC2=O)cc1. The van der Waals surface area contributed by atoms with E-state index in [9.17, 15) is 14.4 Å². The van der Waals surface area contributed by atoms with E-state index >= 15 is 0 Å². The van der Waals surface area contributed by atoms with Crippen LogP contribution < -0.4 is 10.2 Å². The maximum atomic E-state index is 12.3. The van der Waals surface area contributed by atoms with Crippen LogP contribution in [0.2, 0.25) is 0 Å². The Labute approximate surface area is 154 Å². The average Bonchev–Trinajstić information content (AvgIpc) is 3.05. The van der Waals surface area contributed by atoms with Crippen molar-refractivity contribution in [2.75, 3.05) is 25.1 Å². The maximum absolute atomic E-state index is 12.3. The van der Waals surface area contributed by atoms with Gasteiger partial charge in [0.2, 0.25) is 11.8 Å². The number of carbonyl (C=O) groups excluding carboxylic acids is 3. The molecule has 142 valence electrons. The molecular weight excluding hydrogens is 332 g/mol. The molecule has 0 aromatic heterocycles. The van der Waals surface area contributed by atoms with Gasteiger partial charge in [-0.1, -0.05) is 25.5 Å². The van der Waals surface area contributed by atoms with E-state index in [1.165, 1.54) is 12.7 Å². The van der Waals surface area contributed by atoms with E-state index < -0.39 is 0 Å². The Bertz CT molecular complexity index is 627. The lowest BCUT2D eigenvalue weighted by Gasteiger charge is -2.17. The maximum Gasteiger partial charge on any atom is 0.305 e. The molecule has 1 fully saturated rings. The van der Waals surface area contributed by atoms with Crippen LogP contribution >= 0.6 is 0 Å². The van der Waals surface area contributed by atoms with Gasteiger partial charge in [0, 0.05) is 31.6 Å². The molecule has 1 aromatic carbocycles. The molecule has 0 aliphatic carbocycles. The summed E-state index contributed by atoms with van der Waals surface area (Å²) in [6.07, 6.45) is 4.38. The second kappa shape index (κ2) is 9.94. The Hall–Kier alpha value is -2.37. The highest BCUT2D eigenvalue weighted by Gasteiger charge is 2.34. The van der Waals surface area contributed by atoms with Crippen LogP contribution in [0, 0.1) is 5.92 Å². The summed E-state index contributed by atoms with van der Waals surface area (Å²) in [6.45, 7) is 2.97. The number of hydrogen-bond donors (Lipinski definition) is 1. The first-order chi connectivity index (χ1) is 12.5. The molecule has 0 saturated carbocycles. The van der Waals surface area contributed by atoms with E-state index in [2.05, 4.69) is 29.1 Å². The second-order valence-corrected chi connectivity index (χ2v) is 6.65. The average molecular weight is 360 g/mol. The zero-order chi connectivity index (χ0) is 18.9. The van der Waals surface area contributed by atoms with Crippen LogP contribution in [0.1, 0.15) is 44.6 Å². The number of nitrogens with zero attached hydrogens (tertiary/aromatic N) is 1. The van der Waals surface area contributed by atoms with Gasteiger partial charge in [-0.3, -0.25) is 14.4 Å². The van der Waals surface area contributed by atoms with Gasteiger partial charge >= 0.3 is 5.97 Å². The van der Waals surface area contributed by atoms with Crippen molar-refractivity contribution in [2.45, 2.75) is 45.4 Å². The van der Waals surface area contributed by atoms with Crippen LogP contribution in [0.25, 0.3) is 0 Å². The lowest BCUT2D eigenvalue weighted by molar-refractivity contribution is -0.140. The minimum atomic E-state index is -0.347. The Morgan fingerprint density at radius 2 is 1.96 bits per heavy atom. The lowest BCUT2D eigenvalue weighted by Crippen LogP contribution is -2.33. The Morgan fingerprint density at radius 3 is 2.62 bits per heavy atom. The number of aryl methyl sites for hydroxylation is 1. The quantitative estimate of drug-likeness (QED) is 0.542. The van der Waals surface area contributed by atoms with Crippen LogP contribution in [0.15, 0.2) is 24.3 Å². The fourth-order valence-electron chi connectivity index (χ4n) is 3.05. The van der Waals surface area contributed by atoms with Crippen molar-refractivity contribution in [1.29, 1.82) is 0 Å². The Morgan fingerprint density at radius 1 is 1.23 bits per heavy atom. The summed E-state index contributed by atoms with van der Waals surface area (Å²) in [5, 5.41) is 2.80. The van der Waals surface area contributed by atoms with Gasteiger partial charge in [0.1, 0.15) is 0 Å². The van der Waals surface area contributed by atoms with E-state index in [4.69, 9.17) is 0 Å². The molecule has 1 N–H and O–H groups in total. The van der Waals surface area contributed by atoms with E-state index in [0.717, 1.165) is 24.9 Å². The van der Waals surface area contributed by atoms with Crippen molar-refractivity contribution in [3.8, 4) is 0 Å². The zero-order valence-electron chi connectivity index (χ0n) is 15.6. The largest absolute Gasteiger partial charge is 0.469 e. The van der Waals surface area contributed by atoms with Crippen molar-refractivity contribution in [3.63, 3.8) is 0 Å². The number of methoxy groups -OCH3 is 1. The van der Waals surface area contributed by atoms with Crippen molar-refractivity contribution >= 4 is 23.5 Å². The minimum absolute atomic E-state index is 0.0268. The van der Waals surface area contributed by atoms with Crippen LogP contribution in [0.4, 0.5) is 5.69 Å². The second-order valence-electron chi connectivity index (χ2n) is 6.65. The molecule has 2 rings (SSSR count). The van der Waals surface area contributed by atoms with Gasteiger partial charge in [-0.05, 0) is 37.0 Å². The number of ether oxygens (including phenoxy) is 1. The fraction of sp³-hybridized carbons (Fsp3) is 0.550. The Balaban J connectivity index is 1.83. The zero-order valence-corrected chi connectivity index (χ0v) is 15.6. The van der Waals surface area contributed by atoms with Crippen molar-refractivity contribution in [3.05, 3.63) is 29.8 Å². The molecule has 1 aromatic rings. The number of anilines is 1. The summed E-state index contributed by atoms with van der Waals surface area (Å²) < 4.78 is 4.56. The molecule has 26 heavy (non-hydrogen) atoms. The molecule has 1 aliphatic rings. The van der Waals surface area contributed by atoms with Gasteiger partial charge in [-0.25, -0.2) is 0 Å². The van der Waals surface area contributed by atoms with Crippen LogP contribution in [0.5, 0.6) is 0 Å². The van der Waals surface area contributed by atoms with Crippen molar-refractivity contribution in [2.24, 2.45) is 5.92 Å². The monoisotopic (exact) mass is 360 g/mol. The summed E-state index contributed by atoms with van der Waals surface area (Å²) in [4.78, 5) is 37.3. The van der Waals surface area contributed by atoms with Gasteiger partial charge in [0.25, 0.3) is 0 Å². The molecule has 1 saturated heterocycles. The number of esters is 1. The number of benzene rings is 1. The smallest absolute Gasteiger partial charge is 0.305 e. The van der Waals surface area contributed by atoms with Crippen LogP contribution in [0.3, 0.4) is 0 Å². The number of rotatable bonds is 9. The highest BCUT2D eigenvalue weighted by molar-refractivity contribution is 6.00.